The number of carbonyl (C=O) groups is 6. The Balaban J connectivity index is 0.000000184. The molecule has 0 aliphatic carbocycles. The highest BCUT2D eigenvalue weighted by Gasteiger charge is 2.40. The van der Waals surface area contributed by atoms with Crippen LogP contribution in [0.15, 0.2) is 72.8 Å². The van der Waals surface area contributed by atoms with Gasteiger partial charge in [-0.15, -0.1) is 0 Å². The predicted molar refractivity (Wildman–Crippen MR) is 248 cm³/mol. The number of likely N-dealkylation sites (tertiary alicyclic amines) is 2. The molecule has 6 amide bonds. The molecule has 358 valence electrons. The van der Waals surface area contributed by atoms with E-state index >= 15 is 0 Å². The van der Waals surface area contributed by atoms with Gasteiger partial charge in [0.1, 0.15) is 48.9 Å². The SMILES string of the molecule is O=C1CCC(N2Cc3c(NCc4cc(OCCN5CCCC5)ccc4F)cccc3C2=O)C(=O)N1.O=CNC(=O)CN1Cc2c(NCc3cc(OCCN4CCCC4)ccc3F)cccc2C1=O. The number of amides is 6. The molecular weight excluding hydrogens is 879 g/mol. The number of nitrogens with zero attached hydrogens (tertiary/aromatic N) is 4. The van der Waals surface area contributed by atoms with Crippen LogP contribution in [0.3, 0.4) is 0 Å². The van der Waals surface area contributed by atoms with Gasteiger partial charge in [-0.1, -0.05) is 12.1 Å². The van der Waals surface area contributed by atoms with Crippen LogP contribution < -0.4 is 30.7 Å². The second-order valence-electron chi connectivity index (χ2n) is 17.4. The number of hydrogen-bond donors (Lipinski definition) is 4. The number of carbonyl (C=O) groups excluding carboxylic acids is 6. The summed E-state index contributed by atoms with van der Waals surface area (Å²) < 4.78 is 40.6. The zero-order valence-corrected chi connectivity index (χ0v) is 37.8. The predicted octanol–water partition coefficient (Wildman–Crippen LogP) is 4.81. The van der Waals surface area contributed by atoms with Gasteiger partial charge in [0.2, 0.25) is 24.1 Å². The van der Waals surface area contributed by atoms with Crippen LogP contribution in [-0.4, -0.2) is 121 Å². The summed E-state index contributed by atoms with van der Waals surface area (Å²) in [6, 6.07) is 19.4. The van der Waals surface area contributed by atoms with E-state index in [2.05, 4.69) is 25.8 Å². The third-order valence-electron chi connectivity index (χ3n) is 12.9. The van der Waals surface area contributed by atoms with Crippen molar-refractivity contribution in [3.05, 3.63) is 118 Å². The summed E-state index contributed by atoms with van der Waals surface area (Å²) in [5.41, 5.74) is 4.83. The van der Waals surface area contributed by atoms with Gasteiger partial charge in [0.15, 0.2) is 0 Å². The van der Waals surface area contributed by atoms with Gasteiger partial charge in [0, 0.05) is 90.4 Å². The monoisotopic (exact) mass is 934 g/mol. The van der Waals surface area contributed by atoms with E-state index in [1.165, 1.54) is 47.6 Å². The van der Waals surface area contributed by atoms with Crippen molar-refractivity contribution in [2.75, 3.05) is 69.7 Å². The first kappa shape index (κ1) is 47.6. The van der Waals surface area contributed by atoms with E-state index in [0.717, 1.165) is 50.4 Å². The Kier molecular flexibility index (Phi) is 15.6. The Morgan fingerprint density at radius 2 is 1.24 bits per heavy atom. The summed E-state index contributed by atoms with van der Waals surface area (Å²) in [6.45, 7) is 7.95. The highest BCUT2D eigenvalue weighted by molar-refractivity contribution is 6.06. The lowest BCUT2D eigenvalue weighted by atomic mass is 10.0. The van der Waals surface area contributed by atoms with Crippen molar-refractivity contribution in [3.63, 3.8) is 0 Å². The number of anilines is 2. The molecule has 1 atom stereocenters. The maximum atomic E-state index is 14.5. The molecule has 3 saturated heterocycles. The largest absolute Gasteiger partial charge is 0.492 e. The summed E-state index contributed by atoms with van der Waals surface area (Å²) in [5, 5.41) is 10.8. The van der Waals surface area contributed by atoms with E-state index in [-0.39, 0.29) is 68.5 Å². The van der Waals surface area contributed by atoms with E-state index < -0.39 is 17.9 Å². The smallest absolute Gasteiger partial charge is 0.255 e. The van der Waals surface area contributed by atoms with Gasteiger partial charge >= 0.3 is 0 Å². The lowest BCUT2D eigenvalue weighted by Gasteiger charge is -2.29. The zero-order chi connectivity index (χ0) is 47.6. The third-order valence-corrected chi connectivity index (χ3v) is 12.9. The lowest BCUT2D eigenvalue weighted by molar-refractivity contribution is -0.137. The number of rotatable bonds is 18. The minimum Gasteiger partial charge on any atom is -0.492 e. The highest BCUT2D eigenvalue weighted by atomic mass is 19.1. The Bertz CT molecular complexity index is 2530. The van der Waals surface area contributed by atoms with Crippen LogP contribution in [0.25, 0.3) is 0 Å². The summed E-state index contributed by atoms with van der Waals surface area (Å²) in [5.74, 6) is -1.27. The van der Waals surface area contributed by atoms with Gasteiger partial charge in [-0.25, -0.2) is 8.78 Å². The Morgan fingerprint density at radius 3 is 1.76 bits per heavy atom. The summed E-state index contributed by atoms with van der Waals surface area (Å²) in [6.07, 6.45) is 5.72. The van der Waals surface area contributed by atoms with Crippen molar-refractivity contribution in [2.24, 2.45) is 0 Å². The number of nitrogens with one attached hydrogen (secondary N) is 4. The van der Waals surface area contributed by atoms with Gasteiger partial charge in [-0.05, 0) is 119 Å². The molecule has 1 unspecified atom stereocenters. The van der Waals surface area contributed by atoms with Crippen LogP contribution >= 0.6 is 0 Å². The fraction of sp³-hybridized carbons (Fsp3) is 0.400. The molecule has 5 aliphatic heterocycles. The molecule has 0 aromatic heterocycles. The van der Waals surface area contributed by atoms with E-state index in [1.54, 1.807) is 48.5 Å². The number of hydrogen-bond acceptors (Lipinski definition) is 12. The number of ether oxygens (including phenoxy) is 2. The van der Waals surface area contributed by atoms with E-state index in [0.29, 0.717) is 71.2 Å². The highest BCUT2D eigenvalue weighted by Crippen LogP contribution is 2.34. The summed E-state index contributed by atoms with van der Waals surface area (Å²) in [4.78, 5) is 79.1. The van der Waals surface area contributed by atoms with Gasteiger partial charge in [0.25, 0.3) is 11.8 Å². The fourth-order valence-corrected chi connectivity index (χ4v) is 9.25. The van der Waals surface area contributed by atoms with Gasteiger partial charge < -0.3 is 29.9 Å². The van der Waals surface area contributed by atoms with E-state index in [1.807, 2.05) is 17.4 Å². The van der Waals surface area contributed by atoms with Crippen molar-refractivity contribution >= 4 is 47.3 Å². The molecule has 3 fully saturated rings. The minimum atomic E-state index is -0.674. The molecular formula is C50H56F2N8O8. The Morgan fingerprint density at radius 1 is 0.706 bits per heavy atom. The average molecular weight is 935 g/mol. The Hall–Kier alpha value is -6.92. The van der Waals surface area contributed by atoms with Crippen LogP contribution in [0.2, 0.25) is 0 Å². The van der Waals surface area contributed by atoms with E-state index in [4.69, 9.17) is 9.47 Å². The Labute approximate surface area is 393 Å². The maximum Gasteiger partial charge on any atom is 0.255 e. The molecule has 9 rings (SSSR count). The third kappa shape index (κ3) is 11.6. The van der Waals surface area contributed by atoms with Gasteiger partial charge in [-0.3, -0.25) is 49.2 Å². The summed E-state index contributed by atoms with van der Waals surface area (Å²) >= 11 is 0. The first-order chi connectivity index (χ1) is 33.0. The molecule has 4 aromatic rings. The molecule has 16 nitrogen and oxygen atoms in total. The molecule has 4 aromatic carbocycles. The lowest BCUT2D eigenvalue weighted by Crippen LogP contribution is -2.52. The molecule has 68 heavy (non-hydrogen) atoms. The standard InChI is InChI=1S/C26H29FN4O4.C24H27FN4O4/c27-21-7-6-18(35-13-12-30-10-1-2-11-30)14-17(21)15-28-22-5-3-4-19-20(22)16-31(26(19)34)23-8-9-24(32)29-25(23)33;25-21-7-6-18(33-11-10-28-8-1-2-9-28)12-17(21)13-26-22-5-3-4-19-20(22)14-29(24(19)32)15-23(31)27-16-30/h3-7,14,23,28H,1-2,8-13,15-16H2,(H,29,32,33);3-7,12,16,26H,1-2,8-11,13-15H2,(H,27,30,31). The topological polar surface area (TPSA) is 182 Å². The molecule has 18 heteroatoms. The van der Waals surface area contributed by atoms with E-state index in [9.17, 15) is 37.5 Å². The molecule has 0 radical (unpaired) electrons. The van der Waals surface area contributed by atoms with Crippen molar-refractivity contribution in [1.29, 1.82) is 0 Å². The number of halogens is 2. The van der Waals surface area contributed by atoms with Crippen molar-refractivity contribution in [3.8, 4) is 11.5 Å². The second-order valence-corrected chi connectivity index (χ2v) is 17.4. The average Bonchev–Trinajstić information content (AvgIpc) is 4.17. The number of piperidine rings is 1. The normalized spacial score (nSPS) is 17.9. The van der Waals surface area contributed by atoms with Crippen LogP contribution in [-0.2, 0) is 45.4 Å². The van der Waals surface area contributed by atoms with Crippen molar-refractivity contribution in [1.82, 2.24) is 30.2 Å². The second kappa shape index (κ2) is 22.3. The zero-order valence-electron chi connectivity index (χ0n) is 37.8. The van der Waals surface area contributed by atoms with Gasteiger partial charge in [0.05, 0.1) is 0 Å². The van der Waals surface area contributed by atoms with Crippen molar-refractivity contribution < 1.29 is 47.0 Å². The molecule has 5 aliphatic rings. The maximum absolute atomic E-state index is 14.5. The molecule has 4 N–H and O–H groups in total. The number of fused-ring (bicyclic) bond motifs is 2. The molecule has 0 spiro atoms. The van der Waals surface area contributed by atoms with Crippen LogP contribution in [0, 0.1) is 11.6 Å². The number of imide groups is 2. The first-order valence-corrected chi connectivity index (χ1v) is 23.2. The van der Waals surface area contributed by atoms with Crippen LogP contribution in [0.1, 0.15) is 81.5 Å². The first-order valence-electron chi connectivity index (χ1n) is 23.2. The summed E-state index contributed by atoms with van der Waals surface area (Å²) in [7, 11) is 0. The fourth-order valence-electron chi connectivity index (χ4n) is 9.25. The molecule has 0 bridgehead atoms. The van der Waals surface area contributed by atoms with Crippen LogP contribution in [0.4, 0.5) is 20.2 Å². The molecule has 5 heterocycles. The van der Waals surface area contributed by atoms with Crippen LogP contribution in [0.5, 0.6) is 11.5 Å². The quantitative estimate of drug-likeness (QED) is 0.0791. The molecule has 0 saturated carbocycles. The number of benzene rings is 4. The van der Waals surface area contributed by atoms with Crippen molar-refractivity contribution in [2.45, 2.75) is 70.7 Å². The van der Waals surface area contributed by atoms with Gasteiger partial charge in [-0.2, -0.15) is 0 Å². The minimum absolute atomic E-state index is 0.206.